The van der Waals surface area contributed by atoms with Crippen molar-refractivity contribution in [1.29, 1.82) is 0 Å². The molecule has 26 heavy (non-hydrogen) atoms. The SMILES string of the molecule is O=C1CCC(=C(c2ccc(O)cc2)c2ccccc2S(=O)(=O)[O-])CC1.[Na+]. The molecule has 7 heteroatoms. The summed E-state index contributed by atoms with van der Waals surface area (Å²) in [4.78, 5) is 11.3. The number of allylic oxidation sites excluding steroid dienone is 1. The third-order valence-electron chi connectivity index (χ3n) is 4.35. The Kier molecular flexibility index (Phi) is 6.82. The number of rotatable bonds is 3. The van der Waals surface area contributed by atoms with Crippen molar-refractivity contribution in [2.75, 3.05) is 0 Å². The minimum absolute atomic E-state index is 0. The molecule has 0 atom stereocenters. The molecule has 1 saturated carbocycles. The van der Waals surface area contributed by atoms with Gasteiger partial charge in [0.05, 0.1) is 4.90 Å². The second-order valence-electron chi connectivity index (χ2n) is 6.01. The summed E-state index contributed by atoms with van der Waals surface area (Å²) < 4.78 is 35.1. The van der Waals surface area contributed by atoms with Crippen LogP contribution in [0.25, 0.3) is 5.57 Å². The monoisotopic (exact) mass is 380 g/mol. The number of aromatic hydroxyl groups is 1. The van der Waals surface area contributed by atoms with E-state index in [1.54, 1.807) is 24.3 Å². The van der Waals surface area contributed by atoms with Gasteiger partial charge < -0.3 is 9.66 Å². The number of carbonyl (C=O) groups excluding carboxylic acids is 1. The number of ketones is 1. The molecule has 3 rings (SSSR count). The van der Waals surface area contributed by atoms with Crippen molar-refractivity contribution < 1.29 is 52.4 Å². The fraction of sp³-hybridized carbons (Fsp3) is 0.211. The van der Waals surface area contributed by atoms with Crippen LogP contribution in [0.1, 0.15) is 36.8 Å². The maximum Gasteiger partial charge on any atom is 1.00 e. The van der Waals surface area contributed by atoms with Crippen molar-refractivity contribution >= 4 is 21.5 Å². The Morgan fingerprint density at radius 2 is 1.50 bits per heavy atom. The molecule has 5 nitrogen and oxygen atoms in total. The van der Waals surface area contributed by atoms with Gasteiger partial charge in [-0.25, -0.2) is 8.42 Å². The fourth-order valence-electron chi connectivity index (χ4n) is 3.15. The molecule has 130 valence electrons. The van der Waals surface area contributed by atoms with Crippen LogP contribution in [0, 0.1) is 0 Å². The molecule has 0 saturated heterocycles. The van der Waals surface area contributed by atoms with E-state index in [0.29, 0.717) is 42.4 Å². The van der Waals surface area contributed by atoms with Crippen molar-refractivity contribution in [1.82, 2.24) is 0 Å². The molecule has 0 amide bonds. The number of hydrogen-bond acceptors (Lipinski definition) is 5. The van der Waals surface area contributed by atoms with Gasteiger partial charge in [-0.3, -0.25) is 4.79 Å². The van der Waals surface area contributed by atoms with Crippen molar-refractivity contribution in [3.63, 3.8) is 0 Å². The second kappa shape index (κ2) is 8.50. The number of phenolic OH excluding ortho intramolecular Hbond substituents is 1. The van der Waals surface area contributed by atoms with Crippen LogP contribution in [-0.4, -0.2) is 23.9 Å². The molecular weight excluding hydrogens is 363 g/mol. The van der Waals surface area contributed by atoms with Crippen molar-refractivity contribution in [2.45, 2.75) is 30.6 Å². The molecule has 1 fully saturated rings. The maximum atomic E-state index is 11.7. The summed E-state index contributed by atoms with van der Waals surface area (Å²) in [5.74, 6) is 0.273. The number of Topliss-reactive ketones (excluding diaryl/α,β-unsaturated/α-hetero) is 1. The van der Waals surface area contributed by atoms with E-state index in [0.717, 1.165) is 5.57 Å². The first-order valence-electron chi connectivity index (χ1n) is 7.94. The summed E-state index contributed by atoms with van der Waals surface area (Å²) in [5.41, 5.74) is 2.65. The summed E-state index contributed by atoms with van der Waals surface area (Å²) in [6, 6.07) is 12.5. The topological polar surface area (TPSA) is 94.5 Å². The third-order valence-corrected chi connectivity index (χ3v) is 5.24. The zero-order valence-electron chi connectivity index (χ0n) is 14.4. The predicted molar refractivity (Wildman–Crippen MR) is 92.0 cm³/mol. The molecule has 0 radical (unpaired) electrons. The molecule has 0 aromatic heterocycles. The van der Waals surface area contributed by atoms with E-state index in [9.17, 15) is 22.9 Å². The third kappa shape index (κ3) is 4.64. The Hall–Kier alpha value is -1.44. The molecule has 0 spiro atoms. The Bertz CT molecular complexity index is 934. The van der Waals surface area contributed by atoms with Crippen molar-refractivity contribution in [3.05, 3.63) is 65.2 Å². The van der Waals surface area contributed by atoms with Crippen LogP contribution in [0.15, 0.2) is 59.0 Å². The van der Waals surface area contributed by atoms with Gasteiger partial charge in [0.1, 0.15) is 21.7 Å². The molecule has 1 aliphatic carbocycles. The minimum atomic E-state index is -4.64. The molecule has 1 aliphatic rings. The van der Waals surface area contributed by atoms with Gasteiger partial charge in [0.25, 0.3) is 0 Å². The Morgan fingerprint density at radius 1 is 0.923 bits per heavy atom. The standard InChI is InChI=1S/C19H18O5S.Na/c20-15-9-5-13(6-10-15)19(14-7-11-16(21)12-8-14)17-3-1-2-4-18(17)25(22,23)24;/h1-6,9-10,20H,7-8,11-12H2,(H,22,23,24);/q;+1/p-1. The van der Waals surface area contributed by atoms with Crippen LogP contribution in [0.5, 0.6) is 5.75 Å². The van der Waals surface area contributed by atoms with Gasteiger partial charge in [-0.2, -0.15) is 0 Å². The van der Waals surface area contributed by atoms with Gasteiger partial charge in [-0.1, -0.05) is 35.9 Å². The average molecular weight is 380 g/mol. The number of phenols is 1. The van der Waals surface area contributed by atoms with Crippen LogP contribution in [0.3, 0.4) is 0 Å². The van der Waals surface area contributed by atoms with Gasteiger partial charge in [0, 0.05) is 12.8 Å². The Balaban J connectivity index is 0.00000243. The van der Waals surface area contributed by atoms with E-state index in [1.165, 1.54) is 24.3 Å². The van der Waals surface area contributed by atoms with Crippen LogP contribution < -0.4 is 29.6 Å². The van der Waals surface area contributed by atoms with Crippen LogP contribution >= 0.6 is 0 Å². The maximum absolute atomic E-state index is 11.7. The van der Waals surface area contributed by atoms with Gasteiger partial charge in [-0.05, 0) is 47.7 Å². The number of carbonyl (C=O) groups is 1. The Morgan fingerprint density at radius 3 is 2.08 bits per heavy atom. The van der Waals surface area contributed by atoms with Gasteiger partial charge >= 0.3 is 29.6 Å². The molecule has 2 aromatic rings. The molecule has 0 aliphatic heterocycles. The smallest absolute Gasteiger partial charge is 0.744 e. The molecule has 0 bridgehead atoms. The van der Waals surface area contributed by atoms with E-state index < -0.39 is 10.1 Å². The first-order valence-corrected chi connectivity index (χ1v) is 9.35. The molecule has 0 heterocycles. The minimum Gasteiger partial charge on any atom is -0.744 e. The summed E-state index contributed by atoms with van der Waals surface area (Å²) >= 11 is 0. The van der Waals surface area contributed by atoms with Crippen molar-refractivity contribution in [3.8, 4) is 5.75 Å². The first kappa shape index (κ1) is 20.9. The largest absolute Gasteiger partial charge is 1.00 e. The van der Waals surface area contributed by atoms with Crippen LogP contribution in [-0.2, 0) is 14.9 Å². The molecule has 0 unspecified atom stereocenters. The van der Waals surface area contributed by atoms with E-state index in [1.807, 2.05) is 0 Å². The van der Waals surface area contributed by atoms with E-state index in [2.05, 4.69) is 0 Å². The summed E-state index contributed by atoms with van der Waals surface area (Å²) in [5, 5.41) is 9.53. The van der Waals surface area contributed by atoms with Gasteiger partial charge in [-0.15, -0.1) is 0 Å². The summed E-state index contributed by atoms with van der Waals surface area (Å²) in [7, 11) is -4.64. The van der Waals surface area contributed by atoms with E-state index in [4.69, 9.17) is 0 Å². The number of hydrogen-bond donors (Lipinski definition) is 1. The summed E-state index contributed by atoms with van der Waals surface area (Å²) in [6.45, 7) is 0. The number of benzene rings is 2. The predicted octanol–water partition coefficient (Wildman–Crippen LogP) is 0.245. The van der Waals surface area contributed by atoms with Gasteiger partial charge in [0.15, 0.2) is 0 Å². The fourth-order valence-corrected chi connectivity index (χ4v) is 3.83. The zero-order chi connectivity index (χ0) is 18.0. The average Bonchev–Trinajstić information content (AvgIpc) is 2.58. The normalized spacial score (nSPS) is 14.7. The summed E-state index contributed by atoms with van der Waals surface area (Å²) in [6.07, 6.45) is 1.87. The van der Waals surface area contributed by atoms with Crippen LogP contribution in [0.2, 0.25) is 0 Å². The quantitative estimate of drug-likeness (QED) is 0.608. The van der Waals surface area contributed by atoms with Gasteiger partial charge in [0.2, 0.25) is 0 Å². The van der Waals surface area contributed by atoms with Crippen LogP contribution in [0.4, 0.5) is 0 Å². The van der Waals surface area contributed by atoms with Crippen molar-refractivity contribution in [2.24, 2.45) is 0 Å². The first-order chi connectivity index (χ1) is 11.9. The van der Waals surface area contributed by atoms with E-state index in [-0.39, 0.29) is 46.0 Å². The molecule has 1 N–H and O–H groups in total. The molecule has 2 aromatic carbocycles. The van der Waals surface area contributed by atoms with E-state index >= 15 is 0 Å². The Labute approximate surface area is 174 Å². The second-order valence-corrected chi connectivity index (χ2v) is 7.36. The zero-order valence-corrected chi connectivity index (χ0v) is 17.3. The molecular formula is C19H17NaO5S.